The predicted octanol–water partition coefficient (Wildman–Crippen LogP) is 1.97. The molecule has 0 saturated heterocycles. The van der Waals surface area contributed by atoms with E-state index in [0.717, 1.165) is 22.8 Å². The Labute approximate surface area is 106 Å². The number of nitrogens with zero attached hydrogens (tertiary/aromatic N) is 4. The fraction of sp³-hybridized carbons (Fsp3) is 0.231. The Morgan fingerprint density at radius 2 is 2.22 bits per heavy atom. The summed E-state index contributed by atoms with van der Waals surface area (Å²) in [5.41, 5.74) is 3.80. The second kappa shape index (κ2) is 5.23. The van der Waals surface area contributed by atoms with E-state index in [-0.39, 0.29) is 0 Å². The highest BCUT2D eigenvalue weighted by Gasteiger charge is 2.07. The zero-order chi connectivity index (χ0) is 13.0. The van der Waals surface area contributed by atoms with E-state index < -0.39 is 0 Å². The molecule has 0 saturated carbocycles. The Morgan fingerprint density at radius 3 is 2.89 bits per heavy atom. The maximum atomic E-state index is 9.13. The van der Waals surface area contributed by atoms with Gasteiger partial charge in [0.05, 0.1) is 29.2 Å². The van der Waals surface area contributed by atoms with Crippen LogP contribution in [-0.4, -0.2) is 15.2 Å². The summed E-state index contributed by atoms with van der Waals surface area (Å²) >= 11 is 0. The van der Waals surface area contributed by atoms with Crippen molar-refractivity contribution >= 4 is 5.69 Å². The maximum Gasteiger partial charge on any atom is 0.103 e. The molecular formula is C13H13N5. The Morgan fingerprint density at radius 1 is 1.39 bits per heavy atom. The van der Waals surface area contributed by atoms with E-state index in [9.17, 15) is 0 Å². The minimum atomic E-state index is 0.533. The molecule has 0 aliphatic heterocycles. The number of aryl methyl sites for hydroxylation is 2. The summed E-state index contributed by atoms with van der Waals surface area (Å²) in [5.74, 6) is 0. The number of hydrogen-bond donors (Lipinski definition) is 1. The van der Waals surface area contributed by atoms with Gasteiger partial charge in [0, 0.05) is 11.9 Å². The highest BCUT2D eigenvalue weighted by Crippen LogP contribution is 2.19. The Kier molecular flexibility index (Phi) is 3.49. The van der Waals surface area contributed by atoms with Crippen molar-refractivity contribution in [3.05, 3.63) is 47.0 Å². The predicted molar refractivity (Wildman–Crippen MR) is 67.8 cm³/mol. The lowest BCUT2D eigenvalue weighted by molar-refractivity contribution is 0.923. The maximum absolute atomic E-state index is 9.13. The fourth-order valence-corrected chi connectivity index (χ4v) is 1.72. The molecule has 2 heterocycles. The van der Waals surface area contributed by atoms with Crippen molar-refractivity contribution in [1.29, 1.82) is 5.26 Å². The van der Waals surface area contributed by atoms with Crippen LogP contribution in [0.3, 0.4) is 0 Å². The van der Waals surface area contributed by atoms with Crippen LogP contribution in [-0.2, 0) is 6.54 Å². The van der Waals surface area contributed by atoms with E-state index in [4.69, 9.17) is 5.26 Å². The van der Waals surface area contributed by atoms with Crippen LogP contribution in [0, 0.1) is 25.2 Å². The highest BCUT2D eigenvalue weighted by molar-refractivity contribution is 5.59. The first-order valence-electron chi connectivity index (χ1n) is 5.59. The molecule has 0 atom stereocenters. The van der Waals surface area contributed by atoms with Gasteiger partial charge >= 0.3 is 0 Å². The molecule has 2 aromatic rings. The van der Waals surface area contributed by atoms with Gasteiger partial charge in [0.15, 0.2) is 0 Å². The van der Waals surface area contributed by atoms with Crippen LogP contribution in [0.5, 0.6) is 0 Å². The van der Waals surface area contributed by atoms with Gasteiger partial charge in [-0.3, -0.25) is 4.98 Å². The quantitative estimate of drug-likeness (QED) is 0.886. The van der Waals surface area contributed by atoms with E-state index in [1.165, 1.54) is 0 Å². The van der Waals surface area contributed by atoms with Gasteiger partial charge < -0.3 is 5.32 Å². The van der Waals surface area contributed by atoms with Crippen molar-refractivity contribution in [3.63, 3.8) is 0 Å². The Balaban J connectivity index is 2.22. The standard InChI is InChI=1S/C13H13N5/c1-9-6-13(12(7-14)10(2)17-9)15-8-11-4-3-5-16-18-11/h3-6H,8H2,1-2H3,(H,15,17). The zero-order valence-electron chi connectivity index (χ0n) is 10.3. The third-order valence-electron chi connectivity index (χ3n) is 2.53. The first-order valence-corrected chi connectivity index (χ1v) is 5.59. The summed E-state index contributed by atoms with van der Waals surface area (Å²) < 4.78 is 0. The summed E-state index contributed by atoms with van der Waals surface area (Å²) in [7, 11) is 0. The lowest BCUT2D eigenvalue weighted by Crippen LogP contribution is -2.06. The van der Waals surface area contributed by atoms with Crippen LogP contribution in [0.4, 0.5) is 5.69 Å². The van der Waals surface area contributed by atoms with E-state index in [1.54, 1.807) is 6.20 Å². The number of nitrogens with one attached hydrogen (secondary N) is 1. The van der Waals surface area contributed by atoms with E-state index >= 15 is 0 Å². The largest absolute Gasteiger partial charge is 0.378 e. The average molecular weight is 239 g/mol. The van der Waals surface area contributed by atoms with Crippen LogP contribution < -0.4 is 5.32 Å². The van der Waals surface area contributed by atoms with Crippen LogP contribution >= 0.6 is 0 Å². The first kappa shape index (κ1) is 12.0. The van der Waals surface area contributed by atoms with Crippen molar-refractivity contribution in [1.82, 2.24) is 15.2 Å². The second-order valence-electron chi connectivity index (χ2n) is 3.95. The van der Waals surface area contributed by atoms with Gasteiger partial charge in [-0.05, 0) is 32.0 Å². The summed E-state index contributed by atoms with van der Waals surface area (Å²) in [6.07, 6.45) is 1.63. The molecule has 0 fully saturated rings. The van der Waals surface area contributed by atoms with Gasteiger partial charge in [0.1, 0.15) is 6.07 Å². The smallest absolute Gasteiger partial charge is 0.103 e. The third-order valence-corrected chi connectivity index (χ3v) is 2.53. The van der Waals surface area contributed by atoms with Gasteiger partial charge in [-0.15, -0.1) is 0 Å². The van der Waals surface area contributed by atoms with Crippen molar-refractivity contribution in [2.75, 3.05) is 5.32 Å². The van der Waals surface area contributed by atoms with Crippen LogP contribution in [0.15, 0.2) is 24.4 Å². The number of nitriles is 1. The summed E-state index contributed by atoms with van der Waals surface area (Å²) in [6.45, 7) is 4.27. The molecule has 2 rings (SSSR count). The van der Waals surface area contributed by atoms with Crippen LogP contribution in [0.2, 0.25) is 0 Å². The molecule has 0 aromatic carbocycles. The highest BCUT2D eigenvalue weighted by atomic mass is 15.1. The molecule has 0 radical (unpaired) electrons. The normalized spacial score (nSPS) is 9.83. The molecule has 0 aliphatic carbocycles. The SMILES string of the molecule is Cc1cc(NCc2cccnn2)c(C#N)c(C)n1. The minimum absolute atomic E-state index is 0.533. The molecule has 0 aliphatic rings. The number of pyridine rings is 1. The average Bonchev–Trinajstić information content (AvgIpc) is 2.37. The fourth-order valence-electron chi connectivity index (χ4n) is 1.72. The summed E-state index contributed by atoms with van der Waals surface area (Å²) in [5, 5.41) is 20.1. The molecule has 0 amide bonds. The van der Waals surface area contributed by atoms with Gasteiger partial charge in [-0.2, -0.15) is 15.5 Å². The lowest BCUT2D eigenvalue weighted by atomic mass is 10.1. The number of aromatic nitrogens is 3. The van der Waals surface area contributed by atoms with Gasteiger partial charge in [0.2, 0.25) is 0 Å². The Hall–Kier alpha value is -2.48. The van der Waals surface area contributed by atoms with Crippen molar-refractivity contribution in [3.8, 4) is 6.07 Å². The van der Waals surface area contributed by atoms with E-state index in [2.05, 4.69) is 26.6 Å². The van der Waals surface area contributed by atoms with E-state index in [0.29, 0.717) is 12.1 Å². The molecule has 0 spiro atoms. The molecule has 1 N–H and O–H groups in total. The number of anilines is 1. The molecule has 0 unspecified atom stereocenters. The van der Waals surface area contributed by atoms with Gasteiger partial charge in [-0.25, -0.2) is 0 Å². The van der Waals surface area contributed by atoms with E-state index in [1.807, 2.05) is 32.0 Å². The van der Waals surface area contributed by atoms with Crippen LogP contribution in [0.25, 0.3) is 0 Å². The number of hydrogen-bond acceptors (Lipinski definition) is 5. The summed E-state index contributed by atoms with van der Waals surface area (Å²) in [4.78, 5) is 4.27. The van der Waals surface area contributed by atoms with Crippen LogP contribution in [0.1, 0.15) is 22.6 Å². The lowest BCUT2D eigenvalue weighted by Gasteiger charge is -2.10. The minimum Gasteiger partial charge on any atom is -0.378 e. The molecule has 90 valence electrons. The Bertz CT molecular complexity index is 586. The number of rotatable bonds is 3. The van der Waals surface area contributed by atoms with Gasteiger partial charge in [0.25, 0.3) is 0 Å². The molecule has 5 nitrogen and oxygen atoms in total. The van der Waals surface area contributed by atoms with Crippen molar-refractivity contribution < 1.29 is 0 Å². The van der Waals surface area contributed by atoms with Crippen molar-refractivity contribution in [2.24, 2.45) is 0 Å². The molecule has 2 aromatic heterocycles. The molecule has 5 heteroatoms. The zero-order valence-corrected chi connectivity index (χ0v) is 10.3. The molecular weight excluding hydrogens is 226 g/mol. The topological polar surface area (TPSA) is 74.5 Å². The second-order valence-corrected chi connectivity index (χ2v) is 3.95. The monoisotopic (exact) mass is 239 g/mol. The van der Waals surface area contributed by atoms with Crippen molar-refractivity contribution in [2.45, 2.75) is 20.4 Å². The molecule has 18 heavy (non-hydrogen) atoms. The van der Waals surface area contributed by atoms with Gasteiger partial charge in [-0.1, -0.05) is 0 Å². The molecule has 0 bridgehead atoms. The third kappa shape index (κ3) is 2.61. The summed E-state index contributed by atoms with van der Waals surface area (Å²) in [6, 6.07) is 7.74. The first-order chi connectivity index (χ1) is 8.70.